The maximum atomic E-state index is 13.3. The number of fused-ring (bicyclic) bond motifs is 1. The lowest BCUT2D eigenvalue weighted by atomic mass is 10.2. The highest BCUT2D eigenvalue weighted by Gasteiger charge is 2.30. The highest BCUT2D eigenvalue weighted by atomic mass is 32.2. The van der Waals surface area contributed by atoms with Crippen LogP contribution in [0.2, 0.25) is 0 Å². The monoisotopic (exact) mass is 485 g/mol. The Morgan fingerprint density at radius 2 is 1.84 bits per heavy atom. The summed E-state index contributed by atoms with van der Waals surface area (Å²) in [6.07, 6.45) is 5.38. The summed E-state index contributed by atoms with van der Waals surface area (Å²) in [5.41, 5.74) is 1.09. The van der Waals surface area contributed by atoms with Crippen molar-refractivity contribution in [3.8, 4) is 0 Å². The van der Waals surface area contributed by atoms with Crippen LogP contribution < -0.4 is 16.0 Å². The van der Waals surface area contributed by atoms with Crippen LogP contribution >= 0.6 is 11.3 Å². The second kappa shape index (κ2) is 9.00. The fraction of sp³-hybridized carbons (Fsp3) is 0.579. The second-order valence-electron chi connectivity index (χ2n) is 7.99. The van der Waals surface area contributed by atoms with Gasteiger partial charge in [-0.05, 0) is 57.3 Å². The van der Waals surface area contributed by atoms with Gasteiger partial charge in [-0.2, -0.15) is 0 Å². The molecule has 0 amide bonds. The van der Waals surface area contributed by atoms with Crippen LogP contribution in [0.4, 0.5) is 16.8 Å². The normalized spacial score (nSPS) is 17.5. The molecule has 3 N–H and O–H groups in total. The van der Waals surface area contributed by atoms with Crippen LogP contribution in [0.5, 0.6) is 0 Å². The zero-order valence-corrected chi connectivity index (χ0v) is 19.8. The number of sulfone groups is 2. The zero-order chi connectivity index (χ0) is 22.1. The van der Waals surface area contributed by atoms with Crippen molar-refractivity contribution in [3.05, 3.63) is 22.7 Å². The molecule has 170 valence electrons. The van der Waals surface area contributed by atoms with Gasteiger partial charge in [0.25, 0.3) is 0 Å². The lowest BCUT2D eigenvalue weighted by Crippen LogP contribution is -2.35. The molecule has 1 fully saturated rings. The third-order valence-electron chi connectivity index (χ3n) is 5.46. The van der Waals surface area contributed by atoms with Crippen LogP contribution in [-0.4, -0.2) is 63.7 Å². The van der Waals surface area contributed by atoms with E-state index in [1.54, 1.807) is 17.4 Å². The van der Waals surface area contributed by atoms with Crippen molar-refractivity contribution in [1.29, 1.82) is 0 Å². The second-order valence-corrected chi connectivity index (χ2v) is 13.6. The molecule has 2 aliphatic rings. The van der Waals surface area contributed by atoms with E-state index in [1.165, 1.54) is 10.9 Å². The number of piperidine rings is 1. The molecule has 0 aromatic carbocycles. The standard InChI is InChI=1S/C19H27N5O4S3/c1-30(25,26)10-9-21-17-11-14(31(27,28)13-5-7-20-8-6-13)12-18(23-17)24-19-22-15-3-2-4-16(15)29-19/h11-13,20H,2-10H2,1H3,(H2,21,22,23,24). The van der Waals surface area contributed by atoms with Gasteiger partial charge in [0.2, 0.25) is 0 Å². The summed E-state index contributed by atoms with van der Waals surface area (Å²) in [6, 6.07) is 3.04. The van der Waals surface area contributed by atoms with E-state index < -0.39 is 24.9 Å². The number of anilines is 3. The molecule has 4 rings (SSSR count). The molecular formula is C19H27N5O4S3. The number of aromatic nitrogens is 2. The summed E-state index contributed by atoms with van der Waals surface area (Å²) in [4.78, 5) is 10.5. The number of hydrogen-bond donors (Lipinski definition) is 3. The topological polar surface area (TPSA) is 130 Å². The molecular weight excluding hydrogens is 458 g/mol. The van der Waals surface area contributed by atoms with Crippen molar-refractivity contribution in [1.82, 2.24) is 15.3 Å². The molecule has 0 atom stereocenters. The van der Waals surface area contributed by atoms with E-state index in [0.29, 0.717) is 42.7 Å². The Morgan fingerprint density at radius 3 is 2.55 bits per heavy atom. The molecule has 3 heterocycles. The Kier molecular flexibility index (Phi) is 6.52. The molecule has 0 radical (unpaired) electrons. The fourth-order valence-corrected chi connectivity index (χ4v) is 7.16. The van der Waals surface area contributed by atoms with E-state index in [4.69, 9.17) is 0 Å². The van der Waals surface area contributed by atoms with Crippen molar-refractivity contribution >= 4 is 47.8 Å². The lowest BCUT2D eigenvalue weighted by Gasteiger charge is -2.23. The average molecular weight is 486 g/mol. The Bertz CT molecular complexity index is 1130. The van der Waals surface area contributed by atoms with Gasteiger partial charge < -0.3 is 16.0 Å². The summed E-state index contributed by atoms with van der Waals surface area (Å²) >= 11 is 1.57. The summed E-state index contributed by atoms with van der Waals surface area (Å²) < 4.78 is 49.4. The number of hydrogen-bond acceptors (Lipinski definition) is 10. The first-order chi connectivity index (χ1) is 14.7. The molecule has 12 heteroatoms. The van der Waals surface area contributed by atoms with Gasteiger partial charge in [0, 0.05) is 17.7 Å². The molecule has 0 unspecified atom stereocenters. The molecule has 0 bridgehead atoms. The van der Waals surface area contributed by atoms with Gasteiger partial charge >= 0.3 is 0 Å². The molecule has 9 nitrogen and oxygen atoms in total. The van der Waals surface area contributed by atoms with Gasteiger partial charge in [-0.3, -0.25) is 0 Å². The van der Waals surface area contributed by atoms with Crippen LogP contribution in [-0.2, 0) is 32.5 Å². The zero-order valence-electron chi connectivity index (χ0n) is 17.3. The minimum absolute atomic E-state index is 0.0675. The third-order valence-corrected chi connectivity index (χ3v) is 9.72. The summed E-state index contributed by atoms with van der Waals surface area (Å²) in [6.45, 7) is 1.49. The minimum Gasteiger partial charge on any atom is -0.369 e. The van der Waals surface area contributed by atoms with Gasteiger partial charge in [-0.1, -0.05) is 0 Å². The predicted octanol–water partition coefficient (Wildman–Crippen LogP) is 1.75. The lowest BCUT2D eigenvalue weighted by molar-refractivity contribution is 0.496. The Labute approximate surface area is 186 Å². The van der Waals surface area contributed by atoms with Gasteiger partial charge in [-0.15, -0.1) is 11.3 Å². The van der Waals surface area contributed by atoms with Crippen molar-refractivity contribution in [2.45, 2.75) is 42.2 Å². The number of nitrogens with zero attached hydrogens (tertiary/aromatic N) is 2. The molecule has 1 saturated heterocycles. The SMILES string of the molecule is CS(=O)(=O)CCNc1cc(S(=O)(=O)C2CCNCC2)cc(Nc2nc3c(s2)CCC3)n1. The van der Waals surface area contributed by atoms with E-state index in [0.717, 1.165) is 31.2 Å². The highest BCUT2D eigenvalue weighted by Crippen LogP contribution is 2.33. The maximum absolute atomic E-state index is 13.3. The number of rotatable bonds is 8. The van der Waals surface area contributed by atoms with E-state index in [9.17, 15) is 16.8 Å². The van der Waals surface area contributed by atoms with Crippen molar-refractivity contribution in [2.24, 2.45) is 0 Å². The molecule has 0 spiro atoms. The number of aryl methyl sites for hydroxylation is 2. The predicted molar refractivity (Wildman–Crippen MR) is 123 cm³/mol. The van der Waals surface area contributed by atoms with E-state index >= 15 is 0 Å². The molecule has 31 heavy (non-hydrogen) atoms. The summed E-state index contributed by atoms with van der Waals surface area (Å²) in [5.74, 6) is 0.636. The van der Waals surface area contributed by atoms with Crippen LogP contribution in [0.1, 0.15) is 29.8 Å². The summed E-state index contributed by atoms with van der Waals surface area (Å²) in [5, 5.41) is 9.55. The van der Waals surface area contributed by atoms with E-state index in [-0.39, 0.29) is 17.2 Å². The van der Waals surface area contributed by atoms with Gasteiger partial charge in [0.1, 0.15) is 21.5 Å². The fourth-order valence-electron chi connectivity index (χ4n) is 3.84. The van der Waals surface area contributed by atoms with E-state index in [2.05, 4.69) is 25.9 Å². The largest absolute Gasteiger partial charge is 0.369 e. The first-order valence-corrected chi connectivity index (χ1v) is 14.8. The molecule has 2 aromatic rings. The minimum atomic E-state index is -3.54. The molecule has 0 saturated carbocycles. The smallest absolute Gasteiger partial charge is 0.188 e. The Hall–Kier alpha value is -1.76. The third kappa shape index (κ3) is 5.54. The average Bonchev–Trinajstić information content (AvgIpc) is 3.29. The quantitative estimate of drug-likeness (QED) is 0.512. The van der Waals surface area contributed by atoms with Crippen LogP contribution in [0, 0.1) is 0 Å². The number of pyridine rings is 1. The van der Waals surface area contributed by atoms with Crippen LogP contribution in [0.25, 0.3) is 0 Å². The van der Waals surface area contributed by atoms with Crippen LogP contribution in [0.15, 0.2) is 17.0 Å². The van der Waals surface area contributed by atoms with Gasteiger partial charge in [-0.25, -0.2) is 26.8 Å². The highest BCUT2D eigenvalue weighted by molar-refractivity contribution is 7.92. The van der Waals surface area contributed by atoms with Crippen molar-refractivity contribution in [2.75, 3.05) is 42.3 Å². The van der Waals surface area contributed by atoms with Crippen LogP contribution in [0.3, 0.4) is 0 Å². The number of nitrogens with one attached hydrogen (secondary N) is 3. The molecule has 1 aliphatic carbocycles. The summed E-state index contributed by atoms with van der Waals surface area (Å²) in [7, 11) is -6.69. The Balaban J connectivity index is 1.62. The van der Waals surface area contributed by atoms with Crippen molar-refractivity contribution < 1.29 is 16.8 Å². The maximum Gasteiger partial charge on any atom is 0.188 e. The van der Waals surface area contributed by atoms with Crippen molar-refractivity contribution in [3.63, 3.8) is 0 Å². The number of thiazole rings is 1. The first-order valence-electron chi connectivity index (χ1n) is 10.3. The molecule has 2 aromatic heterocycles. The van der Waals surface area contributed by atoms with Gasteiger partial charge in [0.05, 0.1) is 21.6 Å². The first kappa shape index (κ1) is 22.4. The Morgan fingerprint density at radius 1 is 1.10 bits per heavy atom. The molecule has 1 aliphatic heterocycles. The van der Waals surface area contributed by atoms with Gasteiger partial charge in [0.15, 0.2) is 15.0 Å². The van der Waals surface area contributed by atoms with E-state index in [1.807, 2.05) is 0 Å².